The molecule has 3 aliphatic rings. The predicted molar refractivity (Wildman–Crippen MR) is 158 cm³/mol. The molecule has 0 radical (unpaired) electrons. The van der Waals surface area contributed by atoms with Crippen molar-refractivity contribution < 1.29 is 14.5 Å². The van der Waals surface area contributed by atoms with E-state index in [1.54, 1.807) is 0 Å². The Balaban J connectivity index is 1.41. The number of carbonyl (C=O) groups excluding carboxylic acids is 1. The van der Waals surface area contributed by atoms with E-state index in [-0.39, 0.29) is 17.0 Å². The summed E-state index contributed by atoms with van der Waals surface area (Å²) < 4.78 is 4.38. The second-order valence-corrected chi connectivity index (χ2v) is 11.4. The number of rotatable bonds is 3. The van der Waals surface area contributed by atoms with Gasteiger partial charge in [-0.3, -0.25) is 4.79 Å². The number of fused-ring (bicyclic) bond motifs is 3. The highest BCUT2D eigenvalue weighted by atomic mass is 16.3. The van der Waals surface area contributed by atoms with Crippen LogP contribution in [0.5, 0.6) is 0 Å². The van der Waals surface area contributed by atoms with Gasteiger partial charge in [0.25, 0.3) is 0 Å². The highest BCUT2D eigenvalue weighted by Gasteiger charge is 2.52. The smallest absolute Gasteiger partial charge is 0.209 e. The Labute approximate surface area is 229 Å². The van der Waals surface area contributed by atoms with Gasteiger partial charge in [-0.05, 0) is 37.5 Å². The van der Waals surface area contributed by atoms with Crippen molar-refractivity contribution in [3.63, 3.8) is 0 Å². The molecule has 7 rings (SSSR count). The van der Waals surface area contributed by atoms with E-state index in [0.29, 0.717) is 11.1 Å². The number of hydrogen-bond acceptors (Lipinski definition) is 2. The molecule has 4 nitrogen and oxygen atoms in total. The van der Waals surface area contributed by atoms with E-state index in [0.717, 1.165) is 46.3 Å². The van der Waals surface area contributed by atoms with Crippen molar-refractivity contribution in [3.05, 3.63) is 107 Å². The van der Waals surface area contributed by atoms with Gasteiger partial charge in [0.05, 0.1) is 22.3 Å². The van der Waals surface area contributed by atoms with Crippen LogP contribution in [0.25, 0.3) is 27.7 Å². The average Bonchev–Trinajstić information content (AvgIpc) is 3.36. The molecular formula is C35H33N2O2+. The van der Waals surface area contributed by atoms with Crippen molar-refractivity contribution >= 4 is 33.7 Å². The van der Waals surface area contributed by atoms with Crippen LogP contribution in [0.4, 0.5) is 5.69 Å². The number of para-hydroxylation sites is 1. The fraction of sp³-hybridized carbons (Fsp3) is 0.257. The lowest BCUT2D eigenvalue weighted by molar-refractivity contribution is -0.401. The number of hydrogen-bond donors (Lipinski definition) is 1. The highest BCUT2D eigenvalue weighted by Crippen LogP contribution is 2.51. The summed E-state index contributed by atoms with van der Waals surface area (Å²) in [5.41, 5.74) is 9.54. The molecule has 0 amide bonds. The Morgan fingerprint density at radius 1 is 0.949 bits per heavy atom. The van der Waals surface area contributed by atoms with Crippen molar-refractivity contribution in [1.82, 2.24) is 4.57 Å². The molecule has 1 aromatic heterocycles. The molecular weight excluding hydrogens is 480 g/mol. The lowest BCUT2D eigenvalue weighted by Crippen LogP contribution is -2.37. The van der Waals surface area contributed by atoms with E-state index in [1.165, 1.54) is 36.1 Å². The number of aliphatic hydroxyl groups excluding tert-OH is 1. The van der Waals surface area contributed by atoms with Crippen molar-refractivity contribution in [2.24, 2.45) is 7.05 Å². The Bertz CT molecular complexity index is 1780. The highest BCUT2D eigenvalue weighted by molar-refractivity contribution is 6.42. The topological polar surface area (TPSA) is 45.2 Å². The summed E-state index contributed by atoms with van der Waals surface area (Å²) in [6.07, 6.45) is 7.72. The first-order valence-electron chi connectivity index (χ1n) is 14.0. The summed E-state index contributed by atoms with van der Waals surface area (Å²) in [5.74, 6) is 0.0209. The first-order valence-corrected chi connectivity index (χ1v) is 14.0. The first-order chi connectivity index (χ1) is 18.9. The van der Waals surface area contributed by atoms with Gasteiger partial charge >= 0.3 is 0 Å². The van der Waals surface area contributed by atoms with Crippen LogP contribution in [0.3, 0.4) is 0 Å². The number of carbonyl (C=O) groups is 1. The van der Waals surface area contributed by atoms with Crippen molar-refractivity contribution in [2.45, 2.75) is 44.4 Å². The minimum absolute atomic E-state index is 0.0833. The number of benzene rings is 3. The van der Waals surface area contributed by atoms with E-state index >= 15 is 0 Å². The van der Waals surface area contributed by atoms with Gasteiger partial charge in [0.1, 0.15) is 12.8 Å². The second-order valence-electron chi connectivity index (χ2n) is 11.4. The molecule has 39 heavy (non-hydrogen) atoms. The van der Waals surface area contributed by atoms with Crippen LogP contribution in [-0.2, 0) is 17.3 Å². The van der Waals surface area contributed by atoms with E-state index in [2.05, 4.69) is 59.5 Å². The first kappa shape index (κ1) is 23.9. The summed E-state index contributed by atoms with van der Waals surface area (Å²) in [5, 5.41) is 12.6. The number of nitrogens with zero attached hydrogens (tertiary/aromatic N) is 2. The van der Waals surface area contributed by atoms with E-state index in [4.69, 9.17) is 0 Å². The zero-order valence-corrected chi connectivity index (χ0v) is 22.8. The molecule has 4 heteroatoms. The third-order valence-corrected chi connectivity index (χ3v) is 9.24. The SMILES string of the molecule is Cc1ccc2c(c1)C1(CCCCC1)C(/C=C1\C(=O)C(c3c(-c4ccccc4)n(C)c4ccccc34)=C1O)=[N+]2C. The largest absolute Gasteiger partial charge is 0.506 e. The minimum Gasteiger partial charge on any atom is -0.506 e. The van der Waals surface area contributed by atoms with Crippen molar-refractivity contribution in [1.29, 1.82) is 0 Å². The van der Waals surface area contributed by atoms with Crippen LogP contribution in [0.15, 0.2) is 90.2 Å². The molecule has 1 saturated carbocycles. The van der Waals surface area contributed by atoms with Gasteiger partial charge in [0.15, 0.2) is 5.71 Å². The van der Waals surface area contributed by atoms with Gasteiger partial charge in [-0.15, -0.1) is 0 Å². The van der Waals surface area contributed by atoms with Crippen LogP contribution >= 0.6 is 0 Å². The molecule has 2 aliphatic carbocycles. The minimum atomic E-state index is -0.105. The van der Waals surface area contributed by atoms with E-state index in [1.807, 2.05) is 49.5 Å². The molecule has 1 aliphatic heterocycles. The molecule has 0 unspecified atom stereocenters. The number of ketones is 1. The maximum absolute atomic E-state index is 14.0. The maximum atomic E-state index is 14.0. The van der Waals surface area contributed by atoms with Crippen molar-refractivity contribution in [2.75, 3.05) is 7.05 Å². The zero-order valence-electron chi connectivity index (χ0n) is 22.8. The lowest BCUT2D eigenvalue weighted by atomic mass is 9.66. The molecule has 2 heterocycles. The number of aryl methyl sites for hydroxylation is 2. The molecule has 4 aromatic rings. The summed E-state index contributed by atoms with van der Waals surface area (Å²) >= 11 is 0. The third kappa shape index (κ3) is 3.30. The fourth-order valence-electron chi connectivity index (χ4n) is 7.34. The van der Waals surface area contributed by atoms with Crippen LogP contribution in [0.2, 0.25) is 0 Å². The molecule has 1 N–H and O–H groups in total. The maximum Gasteiger partial charge on any atom is 0.209 e. The second kappa shape index (κ2) is 8.67. The van der Waals surface area contributed by atoms with E-state index < -0.39 is 0 Å². The molecule has 1 fully saturated rings. The summed E-state index contributed by atoms with van der Waals surface area (Å²) in [7, 11) is 4.13. The quantitative estimate of drug-likeness (QED) is 0.227. The summed E-state index contributed by atoms with van der Waals surface area (Å²) in [4.78, 5) is 14.0. The Morgan fingerprint density at radius 2 is 1.67 bits per heavy atom. The predicted octanol–water partition coefficient (Wildman–Crippen LogP) is 7.56. The summed E-state index contributed by atoms with van der Waals surface area (Å²) in [6, 6.07) is 24.9. The Hall–Kier alpha value is -4.18. The Kier molecular flexibility index (Phi) is 5.31. The molecule has 1 spiro atoms. The van der Waals surface area contributed by atoms with Gasteiger partial charge in [0.2, 0.25) is 11.5 Å². The molecule has 194 valence electrons. The standard InChI is InChI=1S/C35H32N2O2/c1-22-16-17-28-26(20-22)35(18-10-5-11-19-35)29(36(28)2)21-25-33(38)31(34(25)39)30-24-14-8-9-15-27(24)37(3)32(30)23-12-6-4-7-13-23/h4,6-9,12-17,20-21H,5,10-11,18-19H2,1-3H3/p+1. The van der Waals surface area contributed by atoms with Crippen LogP contribution in [-0.4, -0.2) is 32.8 Å². The molecule has 3 aromatic carbocycles. The monoisotopic (exact) mass is 513 g/mol. The number of allylic oxidation sites excluding steroid dienone is 3. The number of aromatic nitrogens is 1. The van der Waals surface area contributed by atoms with Crippen LogP contribution < -0.4 is 0 Å². The fourth-order valence-corrected chi connectivity index (χ4v) is 7.34. The normalized spacial score (nSPS) is 19.4. The number of Topliss-reactive ketones (excluding diaryl/α,β-unsaturated/α-hetero) is 1. The third-order valence-electron chi connectivity index (χ3n) is 9.24. The lowest BCUT2D eigenvalue weighted by Gasteiger charge is -2.32. The Morgan fingerprint density at radius 3 is 2.41 bits per heavy atom. The van der Waals surface area contributed by atoms with Crippen LogP contribution in [0.1, 0.15) is 48.8 Å². The molecule has 0 atom stereocenters. The average molecular weight is 514 g/mol. The molecule has 0 bridgehead atoms. The summed E-state index contributed by atoms with van der Waals surface area (Å²) in [6.45, 7) is 2.15. The van der Waals surface area contributed by atoms with Crippen molar-refractivity contribution in [3.8, 4) is 11.3 Å². The van der Waals surface area contributed by atoms with E-state index in [9.17, 15) is 9.90 Å². The molecule has 0 saturated heterocycles. The van der Waals surface area contributed by atoms with Gasteiger partial charge in [-0.25, -0.2) is 0 Å². The van der Waals surface area contributed by atoms with Gasteiger partial charge in [-0.2, -0.15) is 4.58 Å². The number of aliphatic hydroxyl groups is 1. The zero-order chi connectivity index (χ0) is 26.9. The van der Waals surface area contributed by atoms with Gasteiger partial charge in [0, 0.05) is 41.2 Å². The van der Waals surface area contributed by atoms with Crippen LogP contribution in [0, 0.1) is 6.92 Å². The van der Waals surface area contributed by atoms with Gasteiger partial charge in [-0.1, -0.05) is 79.4 Å². The van der Waals surface area contributed by atoms with Gasteiger partial charge < -0.3 is 9.67 Å².